The maximum absolute atomic E-state index is 13.0. The van der Waals surface area contributed by atoms with Crippen molar-refractivity contribution in [3.63, 3.8) is 0 Å². The van der Waals surface area contributed by atoms with Crippen molar-refractivity contribution in [2.24, 2.45) is 11.7 Å². The number of nitrogens with two attached hydrogens (primary N) is 1. The fraction of sp³-hybridized carbons (Fsp3) is 0.533. The number of ether oxygens (including phenoxy) is 1. The molecule has 2 atom stereocenters. The molecular weight excluding hydrogens is 259 g/mol. The van der Waals surface area contributed by atoms with Gasteiger partial charge in [-0.15, -0.1) is 0 Å². The minimum atomic E-state index is -0.374. The highest BCUT2D eigenvalue weighted by atomic mass is 19.1. The Balaban J connectivity index is 1.93. The van der Waals surface area contributed by atoms with E-state index in [1.165, 1.54) is 12.1 Å². The third kappa shape index (κ3) is 3.48. The van der Waals surface area contributed by atoms with E-state index in [0.717, 1.165) is 19.4 Å². The summed E-state index contributed by atoms with van der Waals surface area (Å²) in [5.41, 5.74) is 5.76. The standard InChI is InChI=1S/C15H21FN2O2/c1-11-4-3-7-18(14(11)9-17)15(19)10-20-13-6-2-5-12(16)8-13/h2,5-6,8,11,14H,3-4,7,9-10,17H2,1H3/t11-,14-/m1/s1. The van der Waals surface area contributed by atoms with Crippen molar-refractivity contribution in [1.29, 1.82) is 0 Å². The predicted molar refractivity (Wildman–Crippen MR) is 74.8 cm³/mol. The van der Waals surface area contributed by atoms with E-state index in [0.29, 0.717) is 18.2 Å². The van der Waals surface area contributed by atoms with Gasteiger partial charge in [-0.05, 0) is 30.9 Å². The first-order valence-corrected chi connectivity index (χ1v) is 6.99. The fourth-order valence-electron chi connectivity index (χ4n) is 2.70. The van der Waals surface area contributed by atoms with Gasteiger partial charge in [0.1, 0.15) is 11.6 Å². The Morgan fingerprint density at radius 3 is 3.05 bits per heavy atom. The average Bonchev–Trinajstić information content (AvgIpc) is 2.44. The molecule has 1 aliphatic rings. The quantitative estimate of drug-likeness (QED) is 0.915. The minimum Gasteiger partial charge on any atom is -0.484 e. The van der Waals surface area contributed by atoms with Crippen LogP contribution in [0.15, 0.2) is 24.3 Å². The van der Waals surface area contributed by atoms with Crippen LogP contribution in [0.2, 0.25) is 0 Å². The van der Waals surface area contributed by atoms with Gasteiger partial charge in [-0.3, -0.25) is 4.79 Å². The van der Waals surface area contributed by atoms with Gasteiger partial charge < -0.3 is 15.4 Å². The average molecular weight is 280 g/mol. The zero-order valence-corrected chi connectivity index (χ0v) is 11.7. The highest BCUT2D eigenvalue weighted by Gasteiger charge is 2.30. The van der Waals surface area contributed by atoms with Gasteiger partial charge in [0.25, 0.3) is 5.91 Å². The molecule has 1 aromatic rings. The molecule has 0 bridgehead atoms. The van der Waals surface area contributed by atoms with E-state index < -0.39 is 0 Å². The number of benzene rings is 1. The maximum atomic E-state index is 13.0. The van der Waals surface area contributed by atoms with E-state index in [-0.39, 0.29) is 24.4 Å². The van der Waals surface area contributed by atoms with Crippen LogP contribution in [0.3, 0.4) is 0 Å². The first kappa shape index (κ1) is 14.8. The van der Waals surface area contributed by atoms with Gasteiger partial charge in [-0.2, -0.15) is 0 Å². The van der Waals surface area contributed by atoms with Gasteiger partial charge in [0.2, 0.25) is 0 Å². The SMILES string of the molecule is C[C@@H]1CCCN(C(=O)COc2cccc(F)c2)[C@@H]1CN. The largest absolute Gasteiger partial charge is 0.484 e. The Hall–Kier alpha value is -1.62. The van der Waals surface area contributed by atoms with Crippen LogP contribution in [-0.4, -0.2) is 36.5 Å². The molecule has 0 aliphatic carbocycles. The number of nitrogens with zero attached hydrogens (tertiary/aromatic N) is 1. The molecule has 2 N–H and O–H groups in total. The van der Waals surface area contributed by atoms with E-state index >= 15 is 0 Å². The van der Waals surface area contributed by atoms with Crippen LogP contribution in [0.5, 0.6) is 5.75 Å². The second-order valence-corrected chi connectivity index (χ2v) is 5.26. The number of hydrogen-bond donors (Lipinski definition) is 1. The Labute approximate surface area is 118 Å². The van der Waals surface area contributed by atoms with Gasteiger partial charge in [0.05, 0.1) is 0 Å². The van der Waals surface area contributed by atoms with Crippen molar-refractivity contribution in [2.75, 3.05) is 19.7 Å². The maximum Gasteiger partial charge on any atom is 0.260 e. The van der Waals surface area contributed by atoms with Crippen LogP contribution >= 0.6 is 0 Å². The molecule has 0 saturated carbocycles. The van der Waals surface area contributed by atoms with E-state index in [1.54, 1.807) is 17.0 Å². The summed E-state index contributed by atoms with van der Waals surface area (Å²) in [6.07, 6.45) is 2.08. The Bertz CT molecular complexity index is 467. The molecule has 0 aromatic heterocycles. The lowest BCUT2D eigenvalue weighted by atomic mass is 9.91. The molecule has 1 aliphatic heterocycles. The van der Waals surface area contributed by atoms with Gasteiger partial charge in [-0.1, -0.05) is 13.0 Å². The lowest BCUT2D eigenvalue weighted by Crippen LogP contribution is -2.52. The van der Waals surface area contributed by atoms with Crippen molar-refractivity contribution in [2.45, 2.75) is 25.8 Å². The van der Waals surface area contributed by atoms with E-state index in [1.807, 2.05) is 0 Å². The third-order valence-corrected chi connectivity index (χ3v) is 3.84. The first-order valence-electron chi connectivity index (χ1n) is 6.99. The summed E-state index contributed by atoms with van der Waals surface area (Å²) in [6.45, 7) is 3.22. The molecule has 1 aromatic carbocycles. The zero-order chi connectivity index (χ0) is 14.5. The summed E-state index contributed by atoms with van der Waals surface area (Å²) in [7, 11) is 0. The summed E-state index contributed by atoms with van der Waals surface area (Å²) in [5.74, 6) is 0.317. The molecule has 1 fully saturated rings. The van der Waals surface area contributed by atoms with Gasteiger partial charge in [0, 0.05) is 25.2 Å². The van der Waals surface area contributed by atoms with Gasteiger partial charge >= 0.3 is 0 Å². The van der Waals surface area contributed by atoms with Crippen LogP contribution in [0.25, 0.3) is 0 Å². The second-order valence-electron chi connectivity index (χ2n) is 5.26. The highest BCUT2D eigenvalue weighted by molar-refractivity contribution is 5.78. The topological polar surface area (TPSA) is 55.6 Å². The number of rotatable bonds is 4. The van der Waals surface area contributed by atoms with Crippen molar-refractivity contribution in [1.82, 2.24) is 4.90 Å². The Morgan fingerprint density at radius 1 is 1.55 bits per heavy atom. The molecule has 1 saturated heterocycles. The normalized spacial score (nSPS) is 22.6. The van der Waals surface area contributed by atoms with Crippen molar-refractivity contribution in [3.05, 3.63) is 30.1 Å². The number of hydrogen-bond acceptors (Lipinski definition) is 3. The number of likely N-dealkylation sites (tertiary alicyclic amines) is 1. The molecular formula is C15H21FN2O2. The smallest absolute Gasteiger partial charge is 0.260 e. The van der Waals surface area contributed by atoms with Crippen LogP contribution in [0.4, 0.5) is 4.39 Å². The van der Waals surface area contributed by atoms with E-state index in [2.05, 4.69) is 6.92 Å². The van der Waals surface area contributed by atoms with Crippen molar-refractivity contribution >= 4 is 5.91 Å². The summed E-state index contributed by atoms with van der Waals surface area (Å²) in [5, 5.41) is 0. The first-order chi connectivity index (χ1) is 9.61. The number of halogens is 1. The molecule has 110 valence electrons. The molecule has 5 heteroatoms. The Kier molecular flexibility index (Phi) is 4.95. The number of carbonyl (C=O) groups is 1. The number of piperidine rings is 1. The predicted octanol–water partition coefficient (Wildman–Crippen LogP) is 1.79. The minimum absolute atomic E-state index is 0.0763. The molecule has 0 radical (unpaired) electrons. The Morgan fingerprint density at radius 2 is 2.35 bits per heavy atom. The second kappa shape index (κ2) is 6.70. The molecule has 0 spiro atoms. The monoisotopic (exact) mass is 280 g/mol. The zero-order valence-electron chi connectivity index (χ0n) is 11.7. The lowest BCUT2D eigenvalue weighted by molar-refractivity contribution is -0.138. The van der Waals surface area contributed by atoms with Crippen LogP contribution in [0.1, 0.15) is 19.8 Å². The van der Waals surface area contributed by atoms with E-state index in [4.69, 9.17) is 10.5 Å². The fourth-order valence-corrected chi connectivity index (χ4v) is 2.70. The van der Waals surface area contributed by atoms with Crippen LogP contribution in [0, 0.1) is 11.7 Å². The van der Waals surface area contributed by atoms with Crippen LogP contribution < -0.4 is 10.5 Å². The van der Waals surface area contributed by atoms with Crippen LogP contribution in [-0.2, 0) is 4.79 Å². The summed E-state index contributed by atoms with van der Waals surface area (Å²) < 4.78 is 18.4. The molecule has 1 heterocycles. The molecule has 20 heavy (non-hydrogen) atoms. The van der Waals surface area contributed by atoms with Gasteiger partial charge in [-0.25, -0.2) is 4.39 Å². The number of carbonyl (C=O) groups excluding carboxylic acids is 1. The molecule has 1 amide bonds. The number of amides is 1. The molecule has 0 unspecified atom stereocenters. The van der Waals surface area contributed by atoms with Gasteiger partial charge in [0.15, 0.2) is 6.61 Å². The summed E-state index contributed by atoms with van der Waals surface area (Å²) in [4.78, 5) is 14.0. The molecule has 2 rings (SSSR count). The van der Waals surface area contributed by atoms with E-state index in [9.17, 15) is 9.18 Å². The lowest BCUT2D eigenvalue weighted by Gasteiger charge is -2.39. The van der Waals surface area contributed by atoms with Crippen molar-refractivity contribution < 1.29 is 13.9 Å². The third-order valence-electron chi connectivity index (χ3n) is 3.84. The summed E-state index contributed by atoms with van der Waals surface area (Å²) >= 11 is 0. The highest BCUT2D eigenvalue weighted by Crippen LogP contribution is 2.23. The summed E-state index contributed by atoms with van der Waals surface area (Å²) in [6, 6.07) is 5.88. The molecule has 4 nitrogen and oxygen atoms in total. The van der Waals surface area contributed by atoms with Crippen molar-refractivity contribution in [3.8, 4) is 5.75 Å².